The van der Waals surface area contributed by atoms with Crippen molar-refractivity contribution in [2.45, 2.75) is 47.6 Å². The molecule has 1 aliphatic heterocycles. The molecule has 1 amide bonds. The van der Waals surface area contributed by atoms with E-state index in [-0.39, 0.29) is 11.5 Å². The molecule has 168 valence electrons. The van der Waals surface area contributed by atoms with Crippen molar-refractivity contribution in [1.82, 2.24) is 14.5 Å². The number of nitrogens with zero attached hydrogens (tertiary/aromatic N) is 4. The Morgan fingerprint density at radius 3 is 2.34 bits per heavy atom. The average molecular weight is 433 g/mol. The van der Waals surface area contributed by atoms with E-state index in [9.17, 15) is 9.59 Å². The molecule has 0 spiro atoms. The minimum absolute atomic E-state index is 0.101. The van der Waals surface area contributed by atoms with Crippen LogP contribution < -0.4 is 10.5 Å². The van der Waals surface area contributed by atoms with E-state index in [2.05, 4.69) is 41.9 Å². The Balaban J connectivity index is 1.45. The predicted octanol–water partition coefficient (Wildman–Crippen LogP) is 3.68. The van der Waals surface area contributed by atoms with E-state index >= 15 is 0 Å². The molecule has 32 heavy (non-hydrogen) atoms. The van der Waals surface area contributed by atoms with Crippen LogP contribution in [-0.4, -0.2) is 46.5 Å². The Morgan fingerprint density at radius 2 is 1.62 bits per heavy atom. The number of hydrogen-bond acceptors (Lipinski definition) is 4. The van der Waals surface area contributed by atoms with E-state index in [1.54, 1.807) is 11.5 Å². The fraction of sp³-hybridized carbons (Fsp3) is 0.423. The fourth-order valence-corrected chi connectivity index (χ4v) is 4.49. The predicted molar refractivity (Wildman–Crippen MR) is 130 cm³/mol. The molecule has 1 aromatic heterocycles. The van der Waals surface area contributed by atoms with Gasteiger partial charge in [-0.1, -0.05) is 12.1 Å². The number of anilines is 1. The summed E-state index contributed by atoms with van der Waals surface area (Å²) >= 11 is 0. The smallest absolute Gasteiger partial charge is 0.272 e. The fourth-order valence-electron chi connectivity index (χ4n) is 4.49. The van der Waals surface area contributed by atoms with Crippen LogP contribution in [0, 0.1) is 34.6 Å². The van der Waals surface area contributed by atoms with Crippen LogP contribution in [0.25, 0.3) is 11.0 Å². The summed E-state index contributed by atoms with van der Waals surface area (Å²) in [5.41, 5.74) is 8.07. The van der Waals surface area contributed by atoms with Crippen molar-refractivity contribution in [2.24, 2.45) is 0 Å². The molecule has 6 heteroatoms. The summed E-state index contributed by atoms with van der Waals surface area (Å²) in [4.78, 5) is 34.5. The van der Waals surface area contributed by atoms with E-state index in [0.29, 0.717) is 31.7 Å². The Hall–Kier alpha value is -3.15. The van der Waals surface area contributed by atoms with E-state index in [1.165, 1.54) is 16.8 Å². The number of amides is 1. The van der Waals surface area contributed by atoms with Crippen LogP contribution in [0.1, 0.15) is 34.4 Å². The van der Waals surface area contributed by atoms with Crippen LogP contribution in [0.3, 0.4) is 0 Å². The third kappa shape index (κ3) is 4.14. The molecule has 1 fully saturated rings. The van der Waals surface area contributed by atoms with Crippen LogP contribution in [0.15, 0.2) is 35.1 Å². The van der Waals surface area contributed by atoms with Gasteiger partial charge in [0.1, 0.15) is 5.69 Å². The van der Waals surface area contributed by atoms with Gasteiger partial charge >= 0.3 is 0 Å². The van der Waals surface area contributed by atoms with Crippen molar-refractivity contribution in [3.8, 4) is 0 Å². The van der Waals surface area contributed by atoms with Gasteiger partial charge in [0.05, 0.1) is 11.0 Å². The van der Waals surface area contributed by atoms with Crippen LogP contribution >= 0.6 is 0 Å². The summed E-state index contributed by atoms with van der Waals surface area (Å²) in [6, 6.07) is 10.4. The van der Waals surface area contributed by atoms with Gasteiger partial charge in [0.15, 0.2) is 0 Å². The number of hydrogen-bond donors (Lipinski definition) is 0. The van der Waals surface area contributed by atoms with Crippen molar-refractivity contribution in [3.63, 3.8) is 0 Å². The zero-order valence-electron chi connectivity index (χ0n) is 19.7. The van der Waals surface area contributed by atoms with Gasteiger partial charge in [-0.05, 0) is 75.1 Å². The molecule has 0 bridgehead atoms. The maximum absolute atomic E-state index is 13.0. The molecule has 0 aliphatic carbocycles. The Kier molecular flexibility index (Phi) is 6.04. The third-order valence-electron chi connectivity index (χ3n) is 6.82. The molecule has 0 saturated carbocycles. The second-order valence-electron chi connectivity index (χ2n) is 8.92. The lowest BCUT2D eigenvalue weighted by Crippen LogP contribution is -2.49. The van der Waals surface area contributed by atoms with Gasteiger partial charge in [0.2, 0.25) is 5.91 Å². The third-order valence-corrected chi connectivity index (χ3v) is 6.82. The van der Waals surface area contributed by atoms with Crippen molar-refractivity contribution >= 4 is 22.6 Å². The summed E-state index contributed by atoms with van der Waals surface area (Å²) in [7, 11) is 0. The van der Waals surface area contributed by atoms with Gasteiger partial charge in [0.25, 0.3) is 5.56 Å². The Labute approximate surface area is 189 Å². The first-order valence-electron chi connectivity index (χ1n) is 11.3. The molecular formula is C26H32N4O2. The van der Waals surface area contributed by atoms with Crippen molar-refractivity contribution in [3.05, 3.63) is 68.6 Å². The second kappa shape index (κ2) is 8.77. The van der Waals surface area contributed by atoms with E-state index in [4.69, 9.17) is 0 Å². The first-order chi connectivity index (χ1) is 15.3. The zero-order valence-corrected chi connectivity index (χ0v) is 19.7. The number of piperazine rings is 1. The van der Waals surface area contributed by atoms with Gasteiger partial charge in [-0.3, -0.25) is 9.59 Å². The summed E-state index contributed by atoms with van der Waals surface area (Å²) in [6.07, 6.45) is 0.314. The highest BCUT2D eigenvalue weighted by Gasteiger charge is 2.22. The first kappa shape index (κ1) is 22.1. The normalized spacial score (nSPS) is 14.3. The number of rotatable bonds is 4. The van der Waals surface area contributed by atoms with E-state index in [1.807, 2.05) is 30.9 Å². The minimum Gasteiger partial charge on any atom is -0.368 e. The zero-order chi connectivity index (χ0) is 23.0. The monoisotopic (exact) mass is 432 g/mol. The van der Waals surface area contributed by atoms with Crippen molar-refractivity contribution in [1.29, 1.82) is 0 Å². The lowest BCUT2D eigenvalue weighted by Gasteiger charge is -2.37. The maximum Gasteiger partial charge on any atom is 0.272 e. The molecule has 3 aromatic rings. The molecule has 4 rings (SSSR count). The highest BCUT2D eigenvalue weighted by atomic mass is 16.2. The van der Waals surface area contributed by atoms with Crippen LogP contribution in [-0.2, 0) is 11.3 Å². The molecule has 2 aromatic carbocycles. The number of fused-ring (bicyclic) bond motifs is 1. The van der Waals surface area contributed by atoms with Crippen molar-refractivity contribution < 1.29 is 4.79 Å². The standard InChI is InChI=1S/C26H32N4O2/c1-17-7-6-8-23(20(17)4)28-11-13-29(14-12-28)25(31)9-10-30-24-16-19(3)18(2)15-22(24)27-21(5)26(30)32/h6-8,15-16H,9-14H2,1-5H3. The molecule has 0 radical (unpaired) electrons. The lowest BCUT2D eigenvalue weighted by molar-refractivity contribution is -0.131. The quantitative estimate of drug-likeness (QED) is 0.631. The van der Waals surface area contributed by atoms with Crippen LogP contribution in [0.2, 0.25) is 0 Å². The largest absolute Gasteiger partial charge is 0.368 e. The molecule has 0 N–H and O–H groups in total. The van der Waals surface area contributed by atoms with E-state index in [0.717, 1.165) is 35.2 Å². The van der Waals surface area contributed by atoms with Gasteiger partial charge in [-0.25, -0.2) is 4.98 Å². The summed E-state index contributed by atoms with van der Waals surface area (Å²) in [5, 5.41) is 0. The highest BCUT2D eigenvalue weighted by Crippen LogP contribution is 2.24. The highest BCUT2D eigenvalue weighted by molar-refractivity contribution is 5.79. The number of aryl methyl sites for hydroxylation is 5. The Bertz CT molecular complexity index is 1240. The first-order valence-corrected chi connectivity index (χ1v) is 11.3. The second-order valence-corrected chi connectivity index (χ2v) is 8.92. The number of carbonyl (C=O) groups excluding carboxylic acids is 1. The summed E-state index contributed by atoms with van der Waals surface area (Å²) in [5.74, 6) is 0.101. The van der Waals surface area contributed by atoms with Gasteiger partial charge in [0, 0.05) is 44.8 Å². The topological polar surface area (TPSA) is 58.4 Å². The van der Waals surface area contributed by atoms with Gasteiger partial charge in [-0.15, -0.1) is 0 Å². The lowest BCUT2D eigenvalue weighted by atomic mass is 10.1. The average Bonchev–Trinajstić information content (AvgIpc) is 2.77. The molecule has 0 unspecified atom stereocenters. The molecule has 0 atom stereocenters. The molecule has 1 aliphatic rings. The van der Waals surface area contributed by atoms with Crippen LogP contribution in [0.5, 0.6) is 0 Å². The molecule has 6 nitrogen and oxygen atoms in total. The van der Waals surface area contributed by atoms with Gasteiger partial charge < -0.3 is 14.4 Å². The minimum atomic E-state index is -0.117. The Morgan fingerprint density at radius 1 is 0.938 bits per heavy atom. The number of aromatic nitrogens is 2. The van der Waals surface area contributed by atoms with Crippen molar-refractivity contribution in [2.75, 3.05) is 31.1 Å². The SMILES string of the molecule is Cc1cc2nc(C)c(=O)n(CCC(=O)N3CCN(c4cccc(C)c4C)CC3)c2cc1C. The molecule has 2 heterocycles. The van der Waals surface area contributed by atoms with Crippen LogP contribution in [0.4, 0.5) is 5.69 Å². The maximum atomic E-state index is 13.0. The van der Waals surface area contributed by atoms with Gasteiger partial charge in [-0.2, -0.15) is 0 Å². The summed E-state index contributed by atoms with van der Waals surface area (Å²) < 4.78 is 1.72. The van der Waals surface area contributed by atoms with E-state index < -0.39 is 0 Å². The molecular weight excluding hydrogens is 400 g/mol. The molecule has 1 saturated heterocycles. The number of benzene rings is 2. The summed E-state index contributed by atoms with van der Waals surface area (Å²) in [6.45, 7) is 13.5. The number of carbonyl (C=O) groups is 1.